The topological polar surface area (TPSA) is 156 Å². The van der Waals surface area contributed by atoms with Crippen LogP contribution in [0.2, 0.25) is 0 Å². The zero-order valence-corrected chi connectivity index (χ0v) is 24.8. The lowest BCUT2D eigenvalue weighted by Crippen LogP contribution is -2.25. The molecule has 0 aliphatic rings. The lowest BCUT2D eigenvalue weighted by molar-refractivity contribution is -0.108. The van der Waals surface area contributed by atoms with Crippen molar-refractivity contribution >= 4 is 33.2 Å². The van der Waals surface area contributed by atoms with Crippen LogP contribution in [-0.4, -0.2) is 42.6 Å². The Hall–Kier alpha value is -4.62. The minimum Gasteiger partial charge on any atom is -0.340 e. The van der Waals surface area contributed by atoms with Crippen LogP contribution in [0.15, 0.2) is 60.2 Å². The first-order valence-corrected chi connectivity index (χ1v) is 14.8. The van der Waals surface area contributed by atoms with Crippen molar-refractivity contribution in [1.29, 1.82) is 0 Å². The van der Waals surface area contributed by atoms with Crippen molar-refractivity contribution in [1.82, 2.24) is 19.6 Å². The fraction of sp³-hybridized carbons (Fsp3) is 0.233. The number of benzene rings is 2. The number of nitrogens with one attached hydrogen (secondary N) is 3. The van der Waals surface area contributed by atoms with Gasteiger partial charge in [-0.05, 0) is 87.5 Å². The second-order valence-electron chi connectivity index (χ2n) is 9.71. The molecule has 2 aromatic heterocycles. The van der Waals surface area contributed by atoms with Crippen molar-refractivity contribution in [3.63, 3.8) is 0 Å². The van der Waals surface area contributed by atoms with Crippen molar-refractivity contribution < 1.29 is 26.8 Å². The van der Waals surface area contributed by atoms with Crippen LogP contribution in [0, 0.1) is 32.4 Å². The van der Waals surface area contributed by atoms with E-state index in [1.54, 1.807) is 47.5 Å². The molecule has 228 valence electrons. The summed E-state index contributed by atoms with van der Waals surface area (Å²) in [6.45, 7) is 8.97. The highest BCUT2D eigenvalue weighted by Gasteiger charge is 2.21. The van der Waals surface area contributed by atoms with Crippen molar-refractivity contribution in [3.05, 3.63) is 105 Å². The van der Waals surface area contributed by atoms with Gasteiger partial charge in [0.15, 0.2) is 0 Å². The van der Waals surface area contributed by atoms with E-state index in [9.17, 15) is 31.6 Å². The maximum Gasteiger partial charge on any atom is 0.255 e. The van der Waals surface area contributed by atoms with Gasteiger partial charge in [0, 0.05) is 39.5 Å². The minimum absolute atomic E-state index is 0.0516. The van der Waals surface area contributed by atoms with E-state index < -0.39 is 27.6 Å². The second-order valence-corrected chi connectivity index (χ2v) is 11.6. The van der Waals surface area contributed by atoms with Crippen molar-refractivity contribution in [2.45, 2.75) is 33.7 Å². The molecule has 0 spiro atoms. The first-order chi connectivity index (χ1) is 20.3. The Labute approximate surface area is 247 Å². The standard InChI is InChI=1S/C26H23F2N3O2.C4H10N2O3S/c1-5-29-26(33)19-11-17(22(28)10-14(19)2)13-31-16(4)24(18-7-6-8-30-25(18)32)20-9-15(3)21(27)12-23(20)31;5-2-1-3-10(8,9)6-4-7/h5-12H,1,13H2,2-4H3,(H,29,33)(H,30,32);4H,1-3,5H2,(H,6,7). The summed E-state index contributed by atoms with van der Waals surface area (Å²) in [5, 5.41) is 3.20. The first kappa shape index (κ1) is 32.9. The summed E-state index contributed by atoms with van der Waals surface area (Å²) in [4.78, 5) is 37.3. The quantitative estimate of drug-likeness (QED) is 0.201. The molecule has 0 saturated carbocycles. The molecule has 0 bridgehead atoms. The summed E-state index contributed by atoms with van der Waals surface area (Å²) in [6.07, 6.45) is 3.32. The van der Waals surface area contributed by atoms with Crippen LogP contribution in [0.25, 0.3) is 22.0 Å². The first-order valence-electron chi connectivity index (χ1n) is 13.2. The normalized spacial score (nSPS) is 11.0. The van der Waals surface area contributed by atoms with Crippen LogP contribution in [0.3, 0.4) is 0 Å². The maximum absolute atomic E-state index is 14.9. The van der Waals surface area contributed by atoms with E-state index in [2.05, 4.69) is 16.9 Å². The predicted molar refractivity (Wildman–Crippen MR) is 162 cm³/mol. The fourth-order valence-electron chi connectivity index (χ4n) is 4.60. The number of H-pyrrole nitrogens is 1. The average molecular weight is 614 g/mol. The van der Waals surface area contributed by atoms with E-state index in [0.29, 0.717) is 57.4 Å². The van der Waals surface area contributed by atoms with Gasteiger partial charge in [-0.2, -0.15) is 0 Å². The number of hydrogen-bond donors (Lipinski definition) is 4. The molecule has 0 atom stereocenters. The molecule has 4 aromatic rings. The van der Waals surface area contributed by atoms with Gasteiger partial charge in [0.25, 0.3) is 11.5 Å². The molecule has 13 heteroatoms. The van der Waals surface area contributed by atoms with Gasteiger partial charge in [0.05, 0.1) is 17.8 Å². The molecule has 0 aliphatic heterocycles. The Kier molecular flexibility index (Phi) is 10.7. The number of fused-ring (bicyclic) bond motifs is 1. The van der Waals surface area contributed by atoms with Gasteiger partial charge in [0.1, 0.15) is 11.6 Å². The molecule has 4 rings (SSSR count). The molecule has 0 saturated heterocycles. The smallest absolute Gasteiger partial charge is 0.255 e. The number of amides is 2. The van der Waals surface area contributed by atoms with E-state index >= 15 is 0 Å². The Morgan fingerprint density at radius 2 is 1.84 bits per heavy atom. The van der Waals surface area contributed by atoms with Crippen LogP contribution < -0.4 is 21.3 Å². The number of aromatic amines is 1. The summed E-state index contributed by atoms with van der Waals surface area (Å²) in [7, 11) is -3.39. The van der Waals surface area contributed by atoms with Crippen LogP contribution in [-0.2, 0) is 21.4 Å². The number of carbonyl (C=O) groups excluding carboxylic acids is 2. The number of aromatic nitrogens is 2. The summed E-state index contributed by atoms with van der Waals surface area (Å²) in [5.41, 5.74) is 8.62. The van der Waals surface area contributed by atoms with E-state index in [1.807, 2.05) is 6.92 Å². The second kappa shape index (κ2) is 14.0. The van der Waals surface area contributed by atoms with Gasteiger partial charge < -0.3 is 20.6 Å². The molecular formula is C30H33F2N5O5S. The van der Waals surface area contributed by atoms with Gasteiger partial charge in [-0.1, -0.05) is 6.58 Å². The summed E-state index contributed by atoms with van der Waals surface area (Å²) in [5.74, 6) is -1.36. The number of carbonyl (C=O) groups is 2. The molecule has 43 heavy (non-hydrogen) atoms. The van der Waals surface area contributed by atoms with Crippen LogP contribution in [0.1, 0.15) is 39.2 Å². The number of rotatable bonds is 10. The van der Waals surface area contributed by atoms with Crippen LogP contribution in [0.4, 0.5) is 8.78 Å². The van der Waals surface area contributed by atoms with E-state index in [1.165, 1.54) is 24.4 Å². The summed E-state index contributed by atoms with van der Waals surface area (Å²) in [6, 6.07) is 9.32. The highest BCUT2D eigenvalue weighted by atomic mass is 32.2. The highest BCUT2D eigenvalue weighted by molar-refractivity contribution is 7.89. The maximum atomic E-state index is 14.9. The minimum atomic E-state index is -3.39. The van der Waals surface area contributed by atoms with Gasteiger partial charge >= 0.3 is 0 Å². The number of pyridine rings is 1. The number of sulfonamides is 1. The van der Waals surface area contributed by atoms with Gasteiger partial charge in [-0.25, -0.2) is 17.2 Å². The molecule has 2 amide bonds. The highest BCUT2D eigenvalue weighted by Crippen LogP contribution is 2.35. The Morgan fingerprint density at radius 1 is 1.12 bits per heavy atom. The van der Waals surface area contributed by atoms with Crippen LogP contribution >= 0.6 is 0 Å². The molecular weight excluding hydrogens is 580 g/mol. The number of nitrogens with two attached hydrogens (primary N) is 1. The van der Waals surface area contributed by atoms with Crippen molar-refractivity contribution in [3.8, 4) is 11.1 Å². The number of halogens is 2. The van der Waals surface area contributed by atoms with Gasteiger partial charge in [0.2, 0.25) is 16.4 Å². The molecule has 5 N–H and O–H groups in total. The molecule has 0 unspecified atom stereocenters. The monoisotopic (exact) mass is 613 g/mol. The molecule has 0 aliphatic carbocycles. The zero-order valence-electron chi connectivity index (χ0n) is 24.0. The molecule has 10 nitrogen and oxygen atoms in total. The van der Waals surface area contributed by atoms with Gasteiger partial charge in [-0.15, -0.1) is 0 Å². The number of aryl methyl sites for hydroxylation is 2. The SMILES string of the molecule is C=CNC(=O)c1cc(Cn2c(C)c(-c3ccc[nH]c3=O)c3cc(C)c(F)cc32)c(F)cc1C.NCCCS(=O)(=O)NC=O. The Balaban J connectivity index is 0.000000436. The largest absolute Gasteiger partial charge is 0.340 e. The predicted octanol–water partition coefficient (Wildman–Crippen LogP) is 3.53. The van der Waals surface area contributed by atoms with Crippen molar-refractivity contribution in [2.24, 2.45) is 5.73 Å². The third-order valence-electron chi connectivity index (χ3n) is 6.74. The van der Waals surface area contributed by atoms with E-state index in [-0.39, 0.29) is 29.8 Å². The average Bonchev–Trinajstić information content (AvgIpc) is 3.19. The number of nitrogens with zero attached hydrogens (tertiary/aromatic N) is 1. The van der Waals surface area contributed by atoms with E-state index in [0.717, 1.165) is 0 Å². The Bertz CT molecular complexity index is 1850. The third-order valence-corrected chi connectivity index (χ3v) is 8.02. The third kappa shape index (κ3) is 7.62. The van der Waals surface area contributed by atoms with Gasteiger partial charge in [-0.3, -0.25) is 19.1 Å². The summed E-state index contributed by atoms with van der Waals surface area (Å²) >= 11 is 0. The van der Waals surface area contributed by atoms with Crippen LogP contribution in [0.5, 0.6) is 0 Å². The lowest BCUT2D eigenvalue weighted by Gasteiger charge is -2.13. The van der Waals surface area contributed by atoms with Crippen molar-refractivity contribution in [2.75, 3.05) is 12.3 Å². The zero-order chi connectivity index (χ0) is 31.9. The lowest BCUT2D eigenvalue weighted by atomic mass is 10.0. The Morgan fingerprint density at radius 3 is 2.47 bits per heavy atom. The summed E-state index contributed by atoms with van der Waals surface area (Å²) < 4.78 is 54.1. The molecule has 0 radical (unpaired) electrons. The molecule has 2 heterocycles. The molecule has 2 aromatic carbocycles. The number of hydrogen-bond acceptors (Lipinski definition) is 6. The molecule has 0 fully saturated rings. The fourth-order valence-corrected chi connectivity index (χ4v) is 5.41. The van der Waals surface area contributed by atoms with E-state index in [4.69, 9.17) is 5.73 Å².